The van der Waals surface area contributed by atoms with Crippen molar-refractivity contribution < 1.29 is 24.2 Å². The Kier molecular flexibility index (Phi) is 4.98. The van der Waals surface area contributed by atoms with Crippen LogP contribution in [-0.2, 0) is 19.1 Å². The van der Waals surface area contributed by atoms with E-state index in [2.05, 4.69) is 5.32 Å². The lowest BCUT2D eigenvalue weighted by Crippen LogP contribution is -2.56. The van der Waals surface area contributed by atoms with Crippen LogP contribution in [0.4, 0.5) is 0 Å². The van der Waals surface area contributed by atoms with E-state index in [0.717, 1.165) is 10.5 Å². The summed E-state index contributed by atoms with van der Waals surface area (Å²) in [6, 6.07) is 5.93. The monoisotopic (exact) mass is 378 g/mol. The average Bonchev–Trinajstić information content (AvgIpc) is 3.10. The highest BCUT2D eigenvalue weighted by molar-refractivity contribution is 7.98. The number of methoxy groups -OCH3 is 1. The van der Waals surface area contributed by atoms with Crippen molar-refractivity contribution in [2.45, 2.75) is 18.0 Å². The minimum Gasteiger partial charge on any atom is -0.508 e. The molecule has 2 aliphatic rings. The SMILES string of the molecule is COC(=O)[C@]1(CCSC)N[C@@H](c2ccc(O)cc2)[C@H]2C(=O)N(C)C(=O)[C@@H]21. The first-order valence-electron chi connectivity index (χ1n) is 8.32. The van der Waals surface area contributed by atoms with Crippen LogP contribution in [0, 0.1) is 11.8 Å². The number of phenols is 1. The average molecular weight is 378 g/mol. The summed E-state index contributed by atoms with van der Waals surface area (Å²) in [4.78, 5) is 39.5. The summed E-state index contributed by atoms with van der Waals surface area (Å²) in [5, 5.41) is 12.8. The maximum absolute atomic E-state index is 12.8. The van der Waals surface area contributed by atoms with Gasteiger partial charge in [0.05, 0.1) is 18.9 Å². The summed E-state index contributed by atoms with van der Waals surface area (Å²) in [6.45, 7) is 0. The van der Waals surface area contributed by atoms with Crippen LogP contribution in [0.15, 0.2) is 24.3 Å². The molecule has 3 rings (SSSR count). The van der Waals surface area contributed by atoms with Crippen LogP contribution >= 0.6 is 11.8 Å². The predicted molar refractivity (Wildman–Crippen MR) is 96.5 cm³/mol. The smallest absolute Gasteiger partial charge is 0.326 e. The van der Waals surface area contributed by atoms with Crippen molar-refractivity contribution in [1.82, 2.24) is 10.2 Å². The number of carbonyl (C=O) groups is 3. The van der Waals surface area contributed by atoms with Crippen LogP contribution in [0.2, 0.25) is 0 Å². The number of likely N-dealkylation sites (tertiary alicyclic amines) is 1. The van der Waals surface area contributed by atoms with Gasteiger partial charge in [0.15, 0.2) is 0 Å². The number of esters is 1. The topological polar surface area (TPSA) is 95.9 Å². The highest BCUT2D eigenvalue weighted by atomic mass is 32.2. The Hall–Kier alpha value is -2.06. The molecular weight excluding hydrogens is 356 g/mol. The molecular formula is C18H22N2O5S. The molecule has 2 fully saturated rings. The van der Waals surface area contributed by atoms with Gasteiger partial charge in [0.2, 0.25) is 11.8 Å². The number of rotatable bonds is 5. The quantitative estimate of drug-likeness (QED) is 0.581. The van der Waals surface area contributed by atoms with E-state index >= 15 is 0 Å². The van der Waals surface area contributed by atoms with E-state index in [4.69, 9.17) is 4.74 Å². The van der Waals surface area contributed by atoms with E-state index in [1.807, 2.05) is 6.26 Å². The molecule has 140 valence electrons. The molecule has 0 unspecified atom stereocenters. The second kappa shape index (κ2) is 6.92. The van der Waals surface area contributed by atoms with Gasteiger partial charge in [-0.25, -0.2) is 0 Å². The van der Waals surface area contributed by atoms with Gasteiger partial charge in [-0.3, -0.25) is 24.6 Å². The molecule has 2 saturated heterocycles. The molecule has 0 aromatic heterocycles. The van der Waals surface area contributed by atoms with E-state index in [1.165, 1.54) is 26.3 Å². The van der Waals surface area contributed by atoms with E-state index < -0.39 is 29.4 Å². The number of carbonyl (C=O) groups excluding carboxylic acids is 3. The Morgan fingerprint density at radius 2 is 1.96 bits per heavy atom. The zero-order valence-electron chi connectivity index (χ0n) is 14.9. The van der Waals surface area contributed by atoms with Crippen LogP contribution in [0.1, 0.15) is 18.0 Å². The van der Waals surface area contributed by atoms with Crippen molar-refractivity contribution in [3.8, 4) is 5.75 Å². The zero-order valence-corrected chi connectivity index (χ0v) is 15.7. The number of benzene rings is 1. The largest absolute Gasteiger partial charge is 0.508 e. The van der Waals surface area contributed by atoms with Crippen LogP contribution in [-0.4, -0.2) is 59.5 Å². The van der Waals surface area contributed by atoms with Crippen molar-refractivity contribution in [3.05, 3.63) is 29.8 Å². The molecule has 8 heteroatoms. The fourth-order valence-electron chi connectivity index (χ4n) is 4.08. The number of imide groups is 1. The Bertz CT molecular complexity index is 738. The minimum atomic E-state index is -1.25. The molecule has 0 radical (unpaired) electrons. The molecule has 0 spiro atoms. The maximum atomic E-state index is 12.8. The Balaban J connectivity index is 2.11. The summed E-state index contributed by atoms with van der Waals surface area (Å²) in [7, 11) is 2.74. The van der Waals surface area contributed by atoms with Crippen molar-refractivity contribution >= 4 is 29.5 Å². The van der Waals surface area contributed by atoms with E-state index in [-0.39, 0.29) is 17.6 Å². The normalized spacial score (nSPS) is 30.6. The summed E-state index contributed by atoms with van der Waals surface area (Å²) < 4.78 is 5.03. The molecule has 0 bridgehead atoms. The van der Waals surface area contributed by atoms with Crippen molar-refractivity contribution in [2.75, 3.05) is 26.2 Å². The zero-order chi connectivity index (χ0) is 19.1. The number of hydrogen-bond acceptors (Lipinski definition) is 7. The first-order chi connectivity index (χ1) is 12.4. The lowest BCUT2D eigenvalue weighted by atomic mass is 9.78. The lowest BCUT2D eigenvalue weighted by Gasteiger charge is -2.32. The van der Waals surface area contributed by atoms with Gasteiger partial charge in [0.1, 0.15) is 11.3 Å². The minimum absolute atomic E-state index is 0.107. The summed E-state index contributed by atoms with van der Waals surface area (Å²) in [6.07, 6.45) is 2.30. The number of amides is 2. The number of fused-ring (bicyclic) bond motifs is 1. The van der Waals surface area contributed by atoms with Crippen molar-refractivity contribution in [2.24, 2.45) is 11.8 Å². The number of ether oxygens (including phenoxy) is 1. The molecule has 1 aromatic carbocycles. The molecule has 26 heavy (non-hydrogen) atoms. The summed E-state index contributed by atoms with van der Waals surface area (Å²) in [5.41, 5.74) is -0.508. The predicted octanol–water partition coefficient (Wildman–Crippen LogP) is 0.932. The standard InChI is InChI=1S/C18H22N2O5S/c1-20-15(22)12-13(16(20)23)18(8-9-26-3,17(24)25-2)19-14(12)10-4-6-11(21)7-5-10/h4-7,12-14,19,21H,8-9H2,1-3H3/t12-,13+,14-,18+/m0/s1. The van der Waals surface area contributed by atoms with Crippen LogP contribution in [0.3, 0.4) is 0 Å². The number of nitrogens with one attached hydrogen (secondary N) is 1. The van der Waals surface area contributed by atoms with Gasteiger partial charge in [0.25, 0.3) is 0 Å². The molecule has 2 heterocycles. The number of thioether (sulfide) groups is 1. The van der Waals surface area contributed by atoms with Crippen molar-refractivity contribution in [3.63, 3.8) is 0 Å². The van der Waals surface area contributed by atoms with Gasteiger partial charge in [-0.05, 0) is 36.1 Å². The van der Waals surface area contributed by atoms with E-state index in [9.17, 15) is 19.5 Å². The second-order valence-electron chi connectivity index (χ2n) is 6.66. The molecule has 4 atom stereocenters. The summed E-state index contributed by atoms with van der Waals surface area (Å²) >= 11 is 1.56. The van der Waals surface area contributed by atoms with Crippen LogP contribution < -0.4 is 5.32 Å². The Morgan fingerprint density at radius 1 is 1.31 bits per heavy atom. The third-order valence-electron chi connectivity index (χ3n) is 5.38. The number of aromatic hydroxyl groups is 1. The van der Waals surface area contributed by atoms with Gasteiger partial charge >= 0.3 is 5.97 Å². The van der Waals surface area contributed by atoms with Gasteiger partial charge in [0, 0.05) is 13.1 Å². The van der Waals surface area contributed by atoms with Crippen LogP contribution in [0.5, 0.6) is 5.75 Å². The molecule has 0 aliphatic carbocycles. The molecule has 7 nitrogen and oxygen atoms in total. The number of phenolic OH excluding ortho intramolecular Hbond substituents is 1. The highest BCUT2D eigenvalue weighted by Gasteiger charge is 2.67. The third kappa shape index (κ3) is 2.68. The fourth-order valence-corrected chi connectivity index (χ4v) is 4.61. The first kappa shape index (κ1) is 18.7. The lowest BCUT2D eigenvalue weighted by molar-refractivity contribution is -0.154. The van der Waals surface area contributed by atoms with Crippen LogP contribution in [0.25, 0.3) is 0 Å². The molecule has 2 N–H and O–H groups in total. The number of hydrogen-bond donors (Lipinski definition) is 2. The second-order valence-corrected chi connectivity index (χ2v) is 7.64. The maximum Gasteiger partial charge on any atom is 0.326 e. The molecule has 0 saturated carbocycles. The Labute approximate surface area is 156 Å². The van der Waals surface area contributed by atoms with E-state index in [1.54, 1.807) is 23.9 Å². The summed E-state index contributed by atoms with van der Waals surface area (Å²) in [5.74, 6) is -1.94. The van der Waals surface area contributed by atoms with Gasteiger partial charge in [-0.1, -0.05) is 12.1 Å². The Morgan fingerprint density at radius 3 is 2.54 bits per heavy atom. The third-order valence-corrected chi connectivity index (χ3v) is 5.99. The highest BCUT2D eigenvalue weighted by Crippen LogP contribution is 2.50. The van der Waals surface area contributed by atoms with E-state index in [0.29, 0.717) is 12.2 Å². The van der Waals surface area contributed by atoms with Gasteiger partial charge in [-0.15, -0.1) is 0 Å². The fraction of sp³-hybridized carbons (Fsp3) is 0.500. The number of nitrogens with zero attached hydrogens (tertiary/aromatic N) is 1. The van der Waals surface area contributed by atoms with Gasteiger partial charge < -0.3 is 9.84 Å². The van der Waals surface area contributed by atoms with Gasteiger partial charge in [-0.2, -0.15) is 11.8 Å². The van der Waals surface area contributed by atoms with Crippen molar-refractivity contribution in [1.29, 1.82) is 0 Å². The molecule has 2 aliphatic heterocycles. The first-order valence-corrected chi connectivity index (χ1v) is 9.72. The molecule has 2 amide bonds. The molecule has 1 aromatic rings.